The minimum Gasteiger partial charge on any atom is -0.352 e. The lowest BCUT2D eigenvalue weighted by Crippen LogP contribution is -2.50. The molecule has 182 valence electrons. The Balaban J connectivity index is 1.45. The molecule has 3 atom stereocenters. The van der Waals surface area contributed by atoms with E-state index in [0.717, 1.165) is 31.2 Å². The highest BCUT2D eigenvalue weighted by Crippen LogP contribution is 2.35. The van der Waals surface area contributed by atoms with Gasteiger partial charge in [-0.15, -0.1) is 0 Å². The van der Waals surface area contributed by atoms with Crippen LogP contribution in [0.4, 0.5) is 0 Å². The van der Waals surface area contributed by atoms with Crippen LogP contribution in [-0.2, 0) is 25.7 Å². The molecular formula is C26H32ClN3O4. The summed E-state index contributed by atoms with van der Waals surface area (Å²) in [5.41, 5.74) is 0.812. The van der Waals surface area contributed by atoms with Crippen molar-refractivity contribution in [2.24, 2.45) is 11.8 Å². The highest BCUT2D eigenvalue weighted by molar-refractivity contribution is 6.30. The van der Waals surface area contributed by atoms with Gasteiger partial charge in [-0.05, 0) is 50.3 Å². The molecule has 34 heavy (non-hydrogen) atoms. The molecule has 8 heteroatoms. The number of nitrogens with one attached hydrogen (secondary N) is 1. The molecule has 4 amide bonds. The smallest absolute Gasteiger partial charge is 0.242 e. The van der Waals surface area contributed by atoms with Crippen LogP contribution in [0.3, 0.4) is 0 Å². The molecule has 2 fully saturated rings. The van der Waals surface area contributed by atoms with Gasteiger partial charge in [0.1, 0.15) is 6.04 Å². The Bertz CT molecular complexity index is 962. The van der Waals surface area contributed by atoms with Gasteiger partial charge in [-0.1, -0.05) is 48.7 Å². The zero-order valence-electron chi connectivity index (χ0n) is 19.5. The zero-order valence-corrected chi connectivity index (χ0v) is 20.3. The highest BCUT2D eigenvalue weighted by Gasteiger charge is 2.47. The van der Waals surface area contributed by atoms with Crippen LogP contribution in [0, 0.1) is 11.8 Å². The third-order valence-electron chi connectivity index (χ3n) is 7.26. The second kappa shape index (κ2) is 10.7. The average Bonchev–Trinajstić information content (AvgIpc) is 3.42. The Labute approximate surface area is 205 Å². The molecule has 1 heterocycles. The molecule has 7 nitrogen and oxygen atoms in total. The van der Waals surface area contributed by atoms with Crippen LogP contribution in [0.15, 0.2) is 36.4 Å². The second-order valence-electron chi connectivity index (χ2n) is 9.55. The fraction of sp³-hybridized carbons (Fsp3) is 0.538. The van der Waals surface area contributed by atoms with Crippen molar-refractivity contribution >= 4 is 35.2 Å². The molecule has 4 rings (SSSR count). The number of carbonyl (C=O) groups excluding carboxylic acids is 4. The minimum atomic E-state index is -0.691. The van der Waals surface area contributed by atoms with E-state index in [1.165, 1.54) is 9.80 Å². The molecule has 1 aromatic rings. The van der Waals surface area contributed by atoms with Gasteiger partial charge in [-0.3, -0.25) is 24.1 Å². The third kappa shape index (κ3) is 5.35. The van der Waals surface area contributed by atoms with E-state index in [0.29, 0.717) is 17.9 Å². The standard InChI is InChI=1S/C26H32ClN3O4/c1-17(24(32)28-20-9-2-3-10-20)30(16-18-7-6-8-19(27)15-18)23(31)13-14-29-25(33)21-11-4-5-12-22(21)26(29)34/h4-8,15,17,20-22H,2-3,9-14,16H2,1H3,(H,28,32)/t17-,21-,22+/m0/s1. The molecule has 1 aromatic carbocycles. The Morgan fingerprint density at radius 2 is 1.76 bits per heavy atom. The van der Waals surface area contributed by atoms with Crippen LogP contribution < -0.4 is 5.32 Å². The van der Waals surface area contributed by atoms with Crippen molar-refractivity contribution < 1.29 is 19.2 Å². The number of halogens is 1. The van der Waals surface area contributed by atoms with Gasteiger partial charge >= 0.3 is 0 Å². The Morgan fingerprint density at radius 1 is 1.12 bits per heavy atom. The van der Waals surface area contributed by atoms with Crippen LogP contribution in [0.2, 0.25) is 5.02 Å². The van der Waals surface area contributed by atoms with E-state index in [4.69, 9.17) is 11.6 Å². The van der Waals surface area contributed by atoms with Crippen molar-refractivity contribution in [2.75, 3.05) is 6.54 Å². The lowest BCUT2D eigenvalue weighted by atomic mass is 9.85. The number of allylic oxidation sites excluding steroid dienone is 2. The van der Waals surface area contributed by atoms with Gasteiger partial charge < -0.3 is 10.2 Å². The highest BCUT2D eigenvalue weighted by atomic mass is 35.5. The number of hydrogen-bond donors (Lipinski definition) is 1. The number of hydrogen-bond acceptors (Lipinski definition) is 4. The van der Waals surface area contributed by atoms with Gasteiger partial charge in [0.15, 0.2) is 0 Å². The molecule has 0 spiro atoms. The molecule has 1 N–H and O–H groups in total. The molecule has 0 radical (unpaired) electrons. The predicted molar refractivity (Wildman–Crippen MR) is 129 cm³/mol. The normalized spacial score (nSPS) is 23.2. The van der Waals surface area contributed by atoms with Gasteiger partial charge in [0.05, 0.1) is 11.8 Å². The third-order valence-corrected chi connectivity index (χ3v) is 7.49. The second-order valence-corrected chi connectivity index (χ2v) is 9.99. The van der Waals surface area contributed by atoms with E-state index in [-0.39, 0.29) is 61.0 Å². The molecule has 0 aromatic heterocycles. The van der Waals surface area contributed by atoms with Crippen molar-refractivity contribution in [3.63, 3.8) is 0 Å². The SMILES string of the molecule is C[C@@H](C(=O)NC1CCCC1)N(Cc1cccc(Cl)c1)C(=O)CCN1C(=O)[C@H]2CC=CC[C@H]2C1=O. The number of benzene rings is 1. The monoisotopic (exact) mass is 485 g/mol. The summed E-state index contributed by atoms with van der Waals surface area (Å²) in [4.78, 5) is 54.6. The van der Waals surface area contributed by atoms with Crippen LogP contribution in [0.25, 0.3) is 0 Å². The lowest BCUT2D eigenvalue weighted by Gasteiger charge is -2.30. The van der Waals surface area contributed by atoms with Crippen molar-refractivity contribution in [1.82, 2.24) is 15.1 Å². The first-order valence-corrected chi connectivity index (χ1v) is 12.6. The van der Waals surface area contributed by atoms with Crippen LogP contribution in [-0.4, -0.2) is 52.1 Å². The maximum absolute atomic E-state index is 13.4. The summed E-state index contributed by atoms with van der Waals surface area (Å²) >= 11 is 6.13. The summed E-state index contributed by atoms with van der Waals surface area (Å²) in [5.74, 6) is -1.48. The molecule has 3 aliphatic rings. The van der Waals surface area contributed by atoms with Crippen molar-refractivity contribution in [3.05, 3.63) is 47.0 Å². The zero-order chi connectivity index (χ0) is 24.2. The van der Waals surface area contributed by atoms with E-state index in [2.05, 4.69) is 5.32 Å². The Hall–Kier alpha value is -2.67. The maximum atomic E-state index is 13.4. The molecule has 1 saturated heterocycles. The molecule has 0 bridgehead atoms. The van der Waals surface area contributed by atoms with Crippen molar-refractivity contribution in [2.45, 2.75) is 70.5 Å². The van der Waals surface area contributed by atoms with Gasteiger partial charge in [0.2, 0.25) is 23.6 Å². The summed E-state index contributed by atoms with van der Waals surface area (Å²) in [5, 5.41) is 3.62. The van der Waals surface area contributed by atoms with E-state index < -0.39 is 6.04 Å². The first-order valence-electron chi connectivity index (χ1n) is 12.2. The van der Waals surface area contributed by atoms with E-state index in [1.807, 2.05) is 18.2 Å². The fourth-order valence-corrected chi connectivity index (χ4v) is 5.46. The quantitative estimate of drug-likeness (QED) is 0.451. The minimum absolute atomic E-state index is 0.0219. The number of carbonyl (C=O) groups is 4. The van der Waals surface area contributed by atoms with Gasteiger partial charge in [0, 0.05) is 30.6 Å². The fourth-order valence-electron chi connectivity index (χ4n) is 5.25. The van der Waals surface area contributed by atoms with Gasteiger partial charge in [0.25, 0.3) is 0 Å². The number of fused-ring (bicyclic) bond motifs is 1. The number of rotatable bonds is 8. The summed E-state index contributed by atoms with van der Waals surface area (Å²) < 4.78 is 0. The lowest BCUT2D eigenvalue weighted by molar-refractivity contribution is -0.144. The predicted octanol–water partition coefficient (Wildman–Crippen LogP) is 3.46. The van der Waals surface area contributed by atoms with Crippen LogP contribution in [0.1, 0.15) is 57.4 Å². The number of imide groups is 1. The van der Waals surface area contributed by atoms with Crippen molar-refractivity contribution in [1.29, 1.82) is 0 Å². The summed E-state index contributed by atoms with van der Waals surface area (Å²) in [6.45, 7) is 1.97. The number of amides is 4. The molecule has 1 aliphatic heterocycles. The van der Waals surface area contributed by atoms with Crippen LogP contribution >= 0.6 is 11.6 Å². The first kappa shape index (κ1) is 24.5. The summed E-state index contributed by atoms with van der Waals surface area (Å²) in [6, 6.07) is 6.65. The number of nitrogens with zero attached hydrogens (tertiary/aromatic N) is 2. The molecule has 2 aliphatic carbocycles. The Kier molecular flexibility index (Phi) is 7.71. The van der Waals surface area contributed by atoms with Gasteiger partial charge in [-0.25, -0.2) is 0 Å². The molecule has 0 unspecified atom stereocenters. The summed E-state index contributed by atoms with van der Waals surface area (Å²) in [6.07, 6.45) is 9.11. The topological polar surface area (TPSA) is 86.8 Å². The molecule has 1 saturated carbocycles. The Morgan fingerprint density at radius 3 is 2.38 bits per heavy atom. The van der Waals surface area contributed by atoms with E-state index in [9.17, 15) is 19.2 Å². The van der Waals surface area contributed by atoms with Crippen LogP contribution in [0.5, 0.6) is 0 Å². The average molecular weight is 486 g/mol. The first-order chi connectivity index (χ1) is 16.3. The maximum Gasteiger partial charge on any atom is 0.242 e. The largest absolute Gasteiger partial charge is 0.352 e. The summed E-state index contributed by atoms with van der Waals surface area (Å²) in [7, 11) is 0. The van der Waals surface area contributed by atoms with Gasteiger partial charge in [-0.2, -0.15) is 0 Å². The van der Waals surface area contributed by atoms with E-state index >= 15 is 0 Å². The van der Waals surface area contributed by atoms with Crippen molar-refractivity contribution in [3.8, 4) is 0 Å². The number of likely N-dealkylation sites (tertiary alicyclic amines) is 1. The van der Waals surface area contributed by atoms with E-state index in [1.54, 1.807) is 25.1 Å². The molecular weight excluding hydrogens is 454 g/mol.